The van der Waals surface area contributed by atoms with Gasteiger partial charge in [-0.1, -0.05) is 11.6 Å². The summed E-state index contributed by atoms with van der Waals surface area (Å²) in [6.45, 7) is 1.78. The van der Waals surface area contributed by atoms with Gasteiger partial charge in [-0.25, -0.2) is 0 Å². The second kappa shape index (κ2) is 5.69. The molecule has 19 heavy (non-hydrogen) atoms. The van der Waals surface area contributed by atoms with Crippen LogP contribution >= 0.6 is 11.6 Å². The van der Waals surface area contributed by atoms with Gasteiger partial charge in [0.1, 0.15) is 13.2 Å². The molecule has 4 nitrogen and oxygen atoms in total. The van der Waals surface area contributed by atoms with Gasteiger partial charge < -0.3 is 14.2 Å². The molecule has 2 aliphatic rings. The van der Waals surface area contributed by atoms with Crippen molar-refractivity contribution in [3.8, 4) is 11.5 Å². The largest absolute Gasteiger partial charge is 0.486 e. The average molecular weight is 303 g/mol. The molecule has 0 aromatic heterocycles. The monoisotopic (exact) mass is 302 g/mol. The van der Waals surface area contributed by atoms with Gasteiger partial charge >= 0.3 is 0 Å². The fraction of sp³-hybridized carbons (Fsp3) is 0.538. The molecule has 0 amide bonds. The maximum absolute atomic E-state index is 12.4. The molecule has 2 aliphatic heterocycles. The minimum atomic E-state index is -1.18. The van der Waals surface area contributed by atoms with Gasteiger partial charge in [0.2, 0.25) is 0 Å². The quantitative estimate of drug-likeness (QED) is 0.860. The van der Waals surface area contributed by atoms with Crippen LogP contribution < -0.4 is 9.47 Å². The van der Waals surface area contributed by atoms with Gasteiger partial charge in [0.05, 0.1) is 32.6 Å². The highest BCUT2D eigenvalue weighted by molar-refractivity contribution is 7.85. The Hall–Kier alpha value is -0.780. The third kappa shape index (κ3) is 2.88. The average Bonchev–Trinajstić information content (AvgIpc) is 2.90. The Morgan fingerprint density at radius 1 is 1.21 bits per heavy atom. The lowest BCUT2D eigenvalue weighted by Gasteiger charge is -2.20. The van der Waals surface area contributed by atoms with Crippen LogP contribution in [0.5, 0.6) is 11.5 Å². The lowest BCUT2D eigenvalue weighted by molar-refractivity contribution is 0.128. The smallest absolute Gasteiger partial charge is 0.162 e. The van der Waals surface area contributed by atoms with Crippen LogP contribution in [0.3, 0.4) is 0 Å². The van der Waals surface area contributed by atoms with Crippen molar-refractivity contribution in [2.24, 2.45) is 0 Å². The van der Waals surface area contributed by atoms with E-state index >= 15 is 0 Å². The Labute approximate surface area is 119 Å². The molecule has 0 bridgehead atoms. The van der Waals surface area contributed by atoms with Gasteiger partial charge in [-0.2, -0.15) is 0 Å². The Kier molecular flexibility index (Phi) is 3.96. The maximum Gasteiger partial charge on any atom is 0.162 e. The molecule has 0 unspecified atom stereocenters. The highest BCUT2D eigenvalue weighted by Crippen LogP contribution is 2.37. The van der Waals surface area contributed by atoms with Crippen LogP contribution in [-0.4, -0.2) is 35.9 Å². The molecular formula is C13H15ClO4S. The summed E-state index contributed by atoms with van der Waals surface area (Å²) in [5, 5.41) is 0.459. The minimum Gasteiger partial charge on any atom is -0.486 e. The first kappa shape index (κ1) is 13.2. The van der Waals surface area contributed by atoms with E-state index in [0.29, 0.717) is 40.4 Å². The normalized spacial score (nSPS) is 23.3. The summed E-state index contributed by atoms with van der Waals surface area (Å²) in [6, 6.07) is 3.40. The fourth-order valence-electron chi connectivity index (χ4n) is 2.25. The van der Waals surface area contributed by atoms with Crippen molar-refractivity contribution in [2.45, 2.75) is 23.8 Å². The second-order valence-electron chi connectivity index (χ2n) is 4.57. The van der Waals surface area contributed by atoms with Crippen LogP contribution in [-0.2, 0) is 15.5 Å². The fourth-order valence-corrected chi connectivity index (χ4v) is 3.96. The first-order valence-electron chi connectivity index (χ1n) is 6.33. The van der Waals surface area contributed by atoms with Crippen LogP contribution in [0.1, 0.15) is 12.8 Å². The predicted octanol–water partition coefficient (Wildman–Crippen LogP) is 2.40. The van der Waals surface area contributed by atoms with Gasteiger partial charge in [0, 0.05) is 18.7 Å². The zero-order valence-electron chi connectivity index (χ0n) is 10.4. The first-order valence-corrected chi connectivity index (χ1v) is 8.03. The molecule has 1 fully saturated rings. The summed E-state index contributed by atoms with van der Waals surface area (Å²) < 4.78 is 28.8. The van der Waals surface area contributed by atoms with Crippen molar-refractivity contribution >= 4 is 22.4 Å². The van der Waals surface area contributed by atoms with E-state index in [1.54, 1.807) is 12.1 Å². The van der Waals surface area contributed by atoms with Crippen molar-refractivity contribution < 1.29 is 18.4 Å². The van der Waals surface area contributed by atoms with Crippen LogP contribution in [0.4, 0.5) is 0 Å². The van der Waals surface area contributed by atoms with Crippen molar-refractivity contribution in [1.82, 2.24) is 0 Å². The number of hydrogen-bond donors (Lipinski definition) is 0. The number of benzene rings is 1. The Morgan fingerprint density at radius 3 is 2.63 bits per heavy atom. The van der Waals surface area contributed by atoms with Crippen LogP contribution in [0.2, 0.25) is 5.02 Å². The molecule has 2 atom stereocenters. The summed E-state index contributed by atoms with van der Waals surface area (Å²) in [6.07, 6.45) is 2.08. The molecule has 2 heterocycles. The Balaban J connectivity index is 1.81. The molecule has 104 valence electrons. The SMILES string of the molecule is O=[S@@](C[C@H]1CCCO1)c1cc2c(cc1Cl)OCCO2. The molecular weight excluding hydrogens is 288 g/mol. The molecule has 1 aromatic rings. The number of rotatable bonds is 3. The molecule has 0 radical (unpaired) electrons. The van der Waals surface area contributed by atoms with E-state index in [1.807, 2.05) is 0 Å². The van der Waals surface area contributed by atoms with Gasteiger partial charge in [-0.05, 0) is 12.8 Å². The number of hydrogen-bond acceptors (Lipinski definition) is 4. The van der Waals surface area contributed by atoms with E-state index in [4.69, 9.17) is 25.8 Å². The van der Waals surface area contributed by atoms with E-state index in [2.05, 4.69) is 0 Å². The van der Waals surface area contributed by atoms with Gasteiger partial charge in [-0.15, -0.1) is 0 Å². The molecule has 6 heteroatoms. The summed E-state index contributed by atoms with van der Waals surface area (Å²) in [5.41, 5.74) is 0. The van der Waals surface area contributed by atoms with E-state index in [1.165, 1.54) is 0 Å². The molecule has 0 spiro atoms. The highest BCUT2D eigenvalue weighted by Gasteiger charge is 2.23. The summed E-state index contributed by atoms with van der Waals surface area (Å²) in [4.78, 5) is 0.599. The maximum atomic E-state index is 12.4. The zero-order chi connectivity index (χ0) is 13.2. The zero-order valence-corrected chi connectivity index (χ0v) is 12.0. The predicted molar refractivity (Wildman–Crippen MR) is 72.7 cm³/mol. The number of fused-ring (bicyclic) bond motifs is 1. The number of halogens is 1. The molecule has 0 saturated carbocycles. The van der Waals surface area contributed by atoms with Gasteiger partial charge in [0.25, 0.3) is 0 Å². The first-order chi connectivity index (χ1) is 9.24. The molecule has 0 N–H and O–H groups in total. The van der Waals surface area contributed by atoms with Gasteiger partial charge in [0.15, 0.2) is 11.5 Å². The summed E-state index contributed by atoms with van der Waals surface area (Å²) >= 11 is 6.17. The Morgan fingerprint density at radius 2 is 1.95 bits per heavy atom. The molecule has 3 rings (SSSR count). The van der Waals surface area contributed by atoms with E-state index < -0.39 is 10.8 Å². The van der Waals surface area contributed by atoms with E-state index in [9.17, 15) is 4.21 Å². The molecule has 0 aliphatic carbocycles. The van der Waals surface area contributed by atoms with Crippen LogP contribution in [0.15, 0.2) is 17.0 Å². The second-order valence-corrected chi connectivity index (χ2v) is 6.44. The highest BCUT2D eigenvalue weighted by atomic mass is 35.5. The van der Waals surface area contributed by atoms with E-state index in [0.717, 1.165) is 19.4 Å². The minimum absolute atomic E-state index is 0.0742. The van der Waals surface area contributed by atoms with Crippen LogP contribution in [0, 0.1) is 0 Å². The van der Waals surface area contributed by atoms with E-state index in [-0.39, 0.29) is 6.10 Å². The third-order valence-corrected chi connectivity index (χ3v) is 5.13. The summed E-state index contributed by atoms with van der Waals surface area (Å²) in [7, 11) is -1.18. The van der Waals surface area contributed by atoms with Gasteiger partial charge in [-0.3, -0.25) is 4.21 Å². The standard InChI is InChI=1S/C13H15ClO4S/c14-10-6-11-12(18-5-4-17-11)7-13(10)19(15)8-9-2-1-3-16-9/h6-7,9H,1-5,8H2/t9-,19+/m1/s1. The van der Waals surface area contributed by atoms with Crippen molar-refractivity contribution in [2.75, 3.05) is 25.6 Å². The lowest BCUT2D eigenvalue weighted by Crippen LogP contribution is -2.18. The lowest BCUT2D eigenvalue weighted by atomic mass is 10.3. The van der Waals surface area contributed by atoms with Crippen molar-refractivity contribution in [3.05, 3.63) is 17.2 Å². The topological polar surface area (TPSA) is 44.8 Å². The third-order valence-electron chi connectivity index (χ3n) is 3.20. The summed E-state index contributed by atoms with van der Waals surface area (Å²) in [5.74, 6) is 1.72. The molecule has 1 aromatic carbocycles. The molecule has 1 saturated heterocycles. The van der Waals surface area contributed by atoms with Crippen molar-refractivity contribution in [3.63, 3.8) is 0 Å². The van der Waals surface area contributed by atoms with Crippen LogP contribution in [0.25, 0.3) is 0 Å². The Bertz CT molecular complexity index is 500. The van der Waals surface area contributed by atoms with Crippen molar-refractivity contribution in [1.29, 1.82) is 0 Å². The number of ether oxygens (including phenoxy) is 3.